The molecule has 0 bridgehead atoms. The molecule has 0 saturated carbocycles. The Morgan fingerprint density at radius 1 is 0.900 bits per heavy atom. The molecule has 0 N–H and O–H groups in total. The van der Waals surface area contributed by atoms with Gasteiger partial charge in [-0.3, -0.25) is 0 Å². The van der Waals surface area contributed by atoms with Crippen LogP contribution in [0.1, 0.15) is 46.0 Å². The lowest BCUT2D eigenvalue weighted by Crippen LogP contribution is -1.70. The van der Waals surface area contributed by atoms with Crippen molar-refractivity contribution in [3.8, 4) is 0 Å². The van der Waals surface area contributed by atoms with E-state index in [1.54, 1.807) is 0 Å². The lowest BCUT2D eigenvalue weighted by Gasteiger charge is -1.90. The van der Waals surface area contributed by atoms with Crippen LogP contribution < -0.4 is 0 Å². The van der Waals surface area contributed by atoms with Gasteiger partial charge in [0.25, 0.3) is 0 Å². The summed E-state index contributed by atoms with van der Waals surface area (Å²) in [6, 6.07) is 0. The van der Waals surface area contributed by atoms with E-state index in [1.165, 1.54) is 32.1 Å². The molecule has 2 heteroatoms. The quantitative estimate of drug-likeness (QED) is 0.568. The van der Waals surface area contributed by atoms with Gasteiger partial charge >= 0.3 is 6.15 Å². The molecule has 2 nitrogen and oxygen atoms in total. The second-order valence-electron chi connectivity index (χ2n) is 2.14. The van der Waals surface area contributed by atoms with Crippen LogP contribution in [-0.2, 0) is 9.59 Å². The van der Waals surface area contributed by atoms with Gasteiger partial charge in [-0.2, -0.15) is 9.59 Å². The van der Waals surface area contributed by atoms with Gasteiger partial charge in [0, 0.05) is 0 Å². The van der Waals surface area contributed by atoms with Crippen molar-refractivity contribution in [3.05, 3.63) is 0 Å². The number of unbranched alkanes of at least 4 members (excludes halogenated alkanes) is 4. The maximum Gasteiger partial charge on any atom is 0.373 e. The normalized spacial score (nSPS) is 7.40. The van der Waals surface area contributed by atoms with E-state index in [2.05, 4.69) is 13.8 Å². The summed E-state index contributed by atoms with van der Waals surface area (Å²) in [6.45, 7) is 4.49. The van der Waals surface area contributed by atoms with Gasteiger partial charge in [0.2, 0.25) is 0 Å². The maximum atomic E-state index is 8.12. The minimum Gasteiger partial charge on any atom is -0.186 e. The Hall–Kier alpha value is -0.620. The maximum absolute atomic E-state index is 8.12. The highest BCUT2D eigenvalue weighted by molar-refractivity contribution is 5.20. The number of hydrogen-bond acceptors (Lipinski definition) is 2. The molecule has 0 unspecified atom stereocenters. The van der Waals surface area contributed by atoms with Crippen LogP contribution in [-0.4, -0.2) is 6.15 Å². The highest BCUT2D eigenvalue weighted by Crippen LogP contribution is 2.00. The minimum absolute atomic E-state index is 0.250. The SMILES string of the molecule is CCCCCCC.O=C=O. The standard InChI is InChI=1S/C7H16.CO2/c1-3-5-7-6-4-2;2-1-3/h3-7H2,1-2H3;. The smallest absolute Gasteiger partial charge is 0.186 e. The molecule has 0 aliphatic carbocycles. The van der Waals surface area contributed by atoms with Crippen molar-refractivity contribution in [3.63, 3.8) is 0 Å². The Bertz CT molecular complexity index is 69.3. The summed E-state index contributed by atoms with van der Waals surface area (Å²) in [4.78, 5) is 16.2. The third-order valence-electron chi connectivity index (χ3n) is 1.21. The van der Waals surface area contributed by atoms with Crippen LogP contribution in [0.15, 0.2) is 0 Å². The van der Waals surface area contributed by atoms with Crippen LogP contribution in [0.25, 0.3) is 0 Å². The minimum atomic E-state index is 0.250. The highest BCUT2D eigenvalue weighted by Gasteiger charge is 1.80. The molecular weight excluding hydrogens is 128 g/mol. The summed E-state index contributed by atoms with van der Waals surface area (Å²) in [5, 5.41) is 0. The van der Waals surface area contributed by atoms with E-state index in [4.69, 9.17) is 9.59 Å². The fraction of sp³-hybridized carbons (Fsp3) is 0.875. The monoisotopic (exact) mass is 144 g/mol. The van der Waals surface area contributed by atoms with Crippen LogP contribution in [0.4, 0.5) is 0 Å². The molecule has 60 valence electrons. The summed E-state index contributed by atoms with van der Waals surface area (Å²) in [5.41, 5.74) is 0. The van der Waals surface area contributed by atoms with Crippen molar-refractivity contribution in [2.24, 2.45) is 0 Å². The highest BCUT2D eigenvalue weighted by atomic mass is 16.2. The van der Waals surface area contributed by atoms with E-state index in [1.807, 2.05) is 0 Å². The molecule has 0 amide bonds. The molecule has 0 radical (unpaired) electrons. The molecule has 0 atom stereocenters. The number of hydrogen-bond donors (Lipinski definition) is 0. The van der Waals surface area contributed by atoms with Crippen LogP contribution >= 0.6 is 0 Å². The first kappa shape index (κ1) is 12.1. The van der Waals surface area contributed by atoms with E-state index >= 15 is 0 Å². The average molecular weight is 144 g/mol. The first-order chi connectivity index (χ1) is 4.83. The molecule has 10 heavy (non-hydrogen) atoms. The largest absolute Gasteiger partial charge is 0.373 e. The summed E-state index contributed by atoms with van der Waals surface area (Å²) in [7, 11) is 0. The third-order valence-corrected chi connectivity index (χ3v) is 1.21. The number of rotatable bonds is 4. The molecule has 0 aromatic rings. The fourth-order valence-electron chi connectivity index (χ4n) is 0.677. The molecule has 0 aromatic carbocycles. The van der Waals surface area contributed by atoms with Crippen LogP contribution in [0.2, 0.25) is 0 Å². The average Bonchev–Trinajstić information content (AvgIpc) is 1.91. The molecule has 0 saturated heterocycles. The van der Waals surface area contributed by atoms with Crippen molar-refractivity contribution < 1.29 is 9.59 Å². The van der Waals surface area contributed by atoms with Crippen LogP contribution in [0.3, 0.4) is 0 Å². The Labute approximate surface area is 62.6 Å². The molecule has 0 aliphatic heterocycles. The summed E-state index contributed by atoms with van der Waals surface area (Å²) in [6.07, 6.45) is 7.26. The first-order valence-corrected chi connectivity index (χ1v) is 3.82. The van der Waals surface area contributed by atoms with E-state index in [-0.39, 0.29) is 6.15 Å². The zero-order valence-electron chi connectivity index (χ0n) is 6.85. The second kappa shape index (κ2) is 15.8. The Morgan fingerprint density at radius 2 is 1.20 bits per heavy atom. The first-order valence-electron chi connectivity index (χ1n) is 3.82. The second-order valence-corrected chi connectivity index (χ2v) is 2.14. The van der Waals surface area contributed by atoms with Gasteiger partial charge in [-0.05, 0) is 0 Å². The molecule has 0 spiro atoms. The lowest BCUT2D eigenvalue weighted by atomic mass is 10.2. The van der Waals surface area contributed by atoms with Crippen molar-refractivity contribution in [2.75, 3.05) is 0 Å². The van der Waals surface area contributed by atoms with Gasteiger partial charge in [0.15, 0.2) is 0 Å². The van der Waals surface area contributed by atoms with Crippen molar-refractivity contribution >= 4 is 6.15 Å². The van der Waals surface area contributed by atoms with Gasteiger partial charge in [0.05, 0.1) is 0 Å². The van der Waals surface area contributed by atoms with Gasteiger partial charge in [0.1, 0.15) is 0 Å². The van der Waals surface area contributed by atoms with Gasteiger partial charge in [-0.15, -0.1) is 0 Å². The topological polar surface area (TPSA) is 34.1 Å². The molecule has 0 heterocycles. The Morgan fingerprint density at radius 3 is 1.40 bits per heavy atom. The molecule has 0 aliphatic rings. The van der Waals surface area contributed by atoms with Gasteiger partial charge in [-0.1, -0.05) is 46.0 Å². The zero-order chi connectivity index (χ0) is 8.24. The van der Waals surface area contributed by atoms with Crippen molar-refractivity contribution in [1.29, 1.82) is 0 Å². The summed E-state index contributed by atoms with van der Waals surface area (Å²) < 4.78 is 0. The molecule has 0 aromatic heterocycles. The van der Waals surface area contributed by atoms with Crippen LogP contribution in [0.5, 0.6) is 0 Å². The summed E-state index contributed by atoms with van der Waals surface area (Å²) in [5.74, 6) is 0. The van der Waals surface area contributed by atoms with E-state index < -0.39 is 0 Å². The van der Waals surface area contributed by atoms with E-state index in [9.17, 15) is 0 Å². The predicted octanol–water partition coefficient (Wildman–Crippen LogP) is 2.39. The van der Waals surface area contributed by atoms with Crippen molar-refractivity contribution in [2.45, 2.75) is 46.0 Å². The van der Waals surface area contributed by atoms with Gasteiger partial charge in [-0.25, -0.2) is 0 Å². The number of carbonyl (C=O) groups excluding carboxylic acids is 2. The predicted molar refractivity (Wildman–Crippen MR) is 39.4 cm³/mol. The zero-order valence-corrected chi connectivity index (χ0v) is 6.85. The van der Waals surface area contributed by atoms with E-state index in [0.717, 1.165) is 0 Å². The fourth-order valence-corrected chi connectivity index (χ4v) is 0.677. The molecule has 0 rings (SSSR count). The molecular formula is C8H16O2. The third kappa shape index (κ3) is 26.3. The van der Waals surface area contributed by atoms with Gasteiger partial charge < -0.3 is 0 Å². The Kier molecular flexibility index (Phi) is 19.1. The van der Waals surface area contributed by atoms with E-state index in [0.29, 0.717) is 0 Å². The Balaban J connectivity index is 0. The lowest BCUT2D eigenvalue weighted by molar-refractivity contribution is -0.191. The van der Waals surface area contributed by atoms with Crippen LogP contribution in [0, 0.1) is 0 Å². The summed E-state index contributed by atoms with van der Waals surface area (Å²) >= 11 is 0. The van der Waals surface area contributed by atoms with Crippen molar-refractivity contribution in [1.82, 2.24) is 0 Å². The molecule has 0 fully saturated rings.